The number of aryl methyl sites for hydroxylation is 1. The van der Waals surface area contributed by atoms with E-state index in [2.05, 4.69) is 22.2 Å². The Hall–Kier alpha value is -1.93. The van der Waals surface area contributed by atoms with Crippen LogP contribution < -0.4 is 15.6 Å². The van der Waals surface area contributed by atoms with E-state index in [-0.39, 0.29) is 17.2 Å². The standard InChI is InChI=1S/C18H23N3O3S2/c1-4-7-25-10-13-9-16(22)21-18(19-13)26-11-17(23)20-14-8-12(2)5-6-15(14)24-3/h5-6,8-9H,4,7,10-11H2,1-3H3,(H,20,23)(H,19,21,22). The lowest BCUT2D eigenvalue weighted by Gasteiger charge is -2.11. The SMILES string of the molecule is CCCSCc1cc(=O)[nH]c(SCC(=O)Nc2cc(C)ccc2OC)n1. The Morgan fingerprint density at radius 3 is 2.88 bits per heavy atom. The predicted octanol–water partition coefficient (Wildman–Crippen LogP) is 3.46. The van der Waals surface area contributed by atoms with Crippen LogP contribution in [0.15, 0.2) is 34.2 Å². The molecule has 0 atom stereocenters. The van der Waals surface area contributed by atoms with Crippen LogP contribution in [0.2, 0.25) is 0 Å². The summed E-state index contributed by atoms with van der Waals surface area (Å²) in [5, 5.41) is 3.29. The Bertz CT molecular complexity index is 809. The van der Waals surface area contributed by atoms with Crippen molar-refractivity contribution in [2.45, 2.75) is 31.2 Å². The van der Waals surface area contributed by atoms with Gasteiger partial charge in [-0.25, -0.2) is 4.98 Å². The molecule has 0 aliphatic carbocycles. The van der Waals surface area contributed by atoms with Gasteiger partial charge in [0, 0.05) is 11.8 Å². The Balaban J connectivity index is 1.97. The summed E-state index contributed by atoms with van der Waals surface area (Å²) in [5.74, 6) is 2.28. The third-order valence-corrected chi connectivity index (χ3v) is 5.41. The number of thioether (sulfide) groups is 2. The molecule has 0 aliphatic heterocycles. The topological polar surface area (TPSA) is 84.1 Å². The lowest BCUT2D eigenvalue weighted by Crippen LogP contribution is -2.16. The van der Waals surface area contributed by atoms with Gasteiger partial charge in [-0.05, 0) is 36.8 Å². The first-order valence-corrected chi connectivity index (χ1v) is 10.4. The minimum atomic E-state index is -0.199. The number of ether oxygens (including phenoxy) is 1. The number of aromatic amines is 1. The molecule has 0 radical (unpaired) electrons. The molecule has 0 unspecified atom stereocenters. The summed E-state index contributed by atoms with van der Waals surface area (Å²) in [5.41, 5.74) is 2.19. The molecule has 2 N–H and O–H groups in total. The number of methoxy groups -OCH3 is 1. The highest BCUT2D eigenvalue weighted by molar-refractivity contribution is 7.99. The zero-order valence-corrected chi connectivity index (χ0v) is 16.8. The number of H-pyrrole nitrogens is 1. The molecule has 1 amide bonds. The highest BCUT2D eigenvalue weighted by Crippen LogP contribution is 2.25. The van der Waals surface area contributed by atoms with Crippen molar-refractivity contribution in [1.29, 1.82) is 0 Å². The zero-order chi connectivity index (χ0) is 18.9. The fourth-order valence-corrected chi connectivity index (χ4v) is 3.67. The lowest BCUT2D eigenvalue weighted by atomic mass is 10.2. The van der Waals surface area contributed by atoms with Crippen LogP contribution in [0.4, 0.5) is 5.69 Å². The van der Waals surface area contributed by atoms with Gasteiger partial charge >= 0.3 is 0 Å². The summed E-state index contributed by atoms with van der Waals surface area (Å²) in [6, 6.07) is 7.09. The van der Waals surface area contributed by atoms with Gasteiger partial charge in [0.1, 0.15) is 5.75 Å². The van der Waals surface area contributed by atoms with Crippen LogP contribution in [0.5, 0.6) is 5.75 Å². The monoisotopic (exact) mass is 393 g/mol. The largest absolute Gasteiger partial charge is 0.495 e. The number of nitrogens with one attached hydrogen (secondary N) is 2. The molecule has 2 rings (SSSR count). The number of hydrogen-bond donors (Lipinski definition) is 2. The van der Waals surface area contributed by atoms with Crippen LogP contribution in [0, 0.1) is 6.92 Å². The maximum atomic E-state index is 12.2. The summed E-state index contributed by atoms with van der Waals surface area (Å²) >= 11 is 2.94. The van der Waals surface area contributed by atoms with Crippen LogP contribution in [-0.4, -0.2) is 34.5 Å². The Kier molecular flexibility index (Phi) is 8.06. The number of nitrogens with zero attached hydrogens (tertiary/aromatic N) is 1. The number of amides is 1. The van der Waals surface area contributed by atoms with Crippen LogP contribution in [0.25, 0.3) is 0 Å². The second kappa shape index (κ2) is 10.3. The van der Waals surface area contributed by atoms with E-state index in [0.717, 1.165) is 23.4 Å². The predicted molar refractivity (Wildman–Crippen MR) is 108 cm³/mol. The van der Waals surface area contributed by atoms with Crippen LogP contribution in [0.1, 0.15) is 24.6 Å². The van der Waals surface area contributed by atoms with Gasteiger partial charge < -0.3 is 15.0 Å². The van der Waals surface area contributed by atoms with Crippen molar-refractivity contribution >= 4 is 35.1 Å². The van der Waals surface area contributed by atoms with Gasteiger partial charge in [0.2, 0.25) is 5.91 Å². The van der Waals surface area contributed by atoms with E-state index in [4.69, 9.17) is 4.74 Å². The van der Waals surface area contributed by atoms with Gasteiger partial charge in [-0.15, -0.1) is 0 Å². The molecule has 0 saturated carbocycles. The molecule has 1 aromatic carbocycles. The second-order valence-electron chi connectivity index (χ2n) is 5.64. The third-order valence-electron chi connectivity index (χ3n) is 3.34. The Labute approximate surface area is 161 Å². The molecule has 6 nitrogen and oxygen atoms in total. The molecular weight excluding hydrogens is 370 g/mol. The summed E-state index contributed by atoms with van der Waals surface area (Å²) in [6.07, 6.45) is 1.08. The maximum Gasteiger partial charge on any atom is 0.251 e. The van der Waals surface area contributed by atoms with Gasteiger partial charge in [0.15, 0.2) is 5.16 Å². The fraction of sp³-hybridized carbons (Fsp3) is 0.389. The maximum absolute atomic E-state index is 12.2. The average Bonchev–Trinajstić information content (AvgIpc) is 2.60. The van der Waals surface area contributed by atoms with Crippen molar-refractivity contribution in [3.8, 4) is 5.75 Å². The molecule has 0 bridgehead atoms. The first-order valence-electron chi connectivity index (χ1n) is 8.27. The average molecular weight is 394 g/mol. The Morgan fingerprint density at radius 1 is 1.35 bits per heavy atom. The van der Waals surface area contributed by atoms with Crippen molar-refractivity contribution in [1.82, 2.24) is 9.97 Å². The van der Waals surface area contributed by atoms with E-state index >= 15 is 0 Å². The number of hydrogen-bond acceptors (Lipinski definition) is 6. The molecule has 0 fully saturated rings. The van der Waals surface area contributed by atoms with E-state index in [1.54, 1.807) is 18.9 Å². The fourth-order valence-electron chi connectivity index (χ4n) is 2.19. The first-order chi connectivity index (χ1) is 12.5. The normalized spacial score (nSPS) is 10.6. The first kappa shape index (κ1) is 20.4. The number of rotatable bonds is 9. The number of anilines is 1. The molecule has 1 aromatic heterocycles. The van der Waals surface area contributed by atoms with Gasteiger partial charge in [0.25, 0.3) is 5.56 Å². The molecule has 26 heavy (non-hydrogen) atoms. The van der Waals surface area contributed by atoms with Crippen molar-refractivity contribution in [3.05, 3.63) is 45.9 Å². The molecular formula is C18H23N3O3S2. The van der Waals surface area contributed by atoms with Gasteiger partial charge in [-0.2, -0.15) is 11.8 Å². The quantitative estimate of drug-likeness (QED) is 0.386. The van der Waals surface area contributed by atoms with E-state index in [1.165, 1.54) is 17.8 Å². The van der Waals surface area contributed by atoms with E-state index in [9.17, 15) is 9.59 Å². The van der Waals surface area contributed by atoms with Crippen molar-refractivity contribution in [2.24, 2.45) is 0 Å². The van der Waals surface area contributed by atoms with Crippen molar-refractivity contribution in [2.75, 3.05) is 23.9 Å². The van der Waals surface area contributed by atoms with Crippen molar-refractivity contribution in [3.63, 3.8) is 0 Å². The lowest BCUT2D eigenvalue weighted by molar-refractivity contribution is -0.113. The smallest absolute Gasteiger partial charge is 0.251 e. The van der Waals surface area contributed by atoms with Crippen molar-refractivity contribution < 1.29 is 9.53 Å². The number of carbonyl (C=O) groups is 1. The highest BCUT2D eigenvalue weighted by atomic mass is 32.2. The number of benzene rings is 1. The Morgan fingerprint density at radius 2 is 2.15 bits per heavy atom. The minimum Gasteiger partial charge on any atom is -0.495 e. The highest BCUT2D eigenvalue weighted by Gasteiger charge is 2.10. The number of aromatic nitrogens is 2. The molecule has 140 valence electrons. The molecule has 2 aromatic rings. The van der Waals surface area contributed by atoms with Crippen LogP contribution in [-0.2, 0) is 10.5 Å². The van der Waals surface area contributed by atoms with E-state index in [0.29, 0.717) is 22.3 Å². The van der Waals surface area contributed by atoms with Crippen LogP contribution >= 0.6 is 23.5 Å². The molecule has 0 saturated heterocycles. The summed E-state index contributed by atoms with van der Waals surface area (Å²) in [6.45, 7) is 4.06. The summed E-state index contributed by atoms with van der Waals surface area (Å²) in [7, 11) is 1.56. The van der Waals surface area contributed by atoms with Gasteiger partial charge in [-0.3, -0.25) is 9.59 Å². The molecule has 0 spiro atoms. The van der Waals surface area contributed by atoms with E-state index in [1.807, 2.05) is 25.1 Å². The molecule has 1 heterocycles. The molecule has 8 heteroatoms. The zero-order valence-electron chi connectivity index (χ0n) is 15.1. The molecule has 0 aliphatic rings. The number of carbonyl (C=O) groups excluding carboxylic acids is 1. The van der Waals surface area contributed by atoms with Gasteiger partial charge in [0.05, 0.1) is 24.2 Å². The van der Waals surface area contributed by atoms with Gasteiger partial charge in [-0.1, -0.05) is 24.8 Å². The summed E-state index contributed by atoms with van der Waals surface area (Å²) < 4.78 is 5.26. The second-order valence-corrected chi connectivity index (χ2v) is 7.70. The third kappa shape index (κ3) is 6.42. The van der Waals surface area contributed by atoms with E-state index < -0.39 is 0 Å². The minimum absolute atomic E-state index is 0.144. The summed E-state index contributed by atoms with van der Waals surface area (Å²) in [4.78, 5) is 31.1. The van der Waals surface area contributed by atoms with Crippen LogP contribution in [0.3, 0.4) is 0 Å².